The molecular weight excluding hydrogens is 618 g/mol. The molecule has 0 fully saturated rings. The Balaban J connectivity index is 1.50. The summed E-state index contributed by atoms with van der Waals surface area (Å²) in [6, 6.07) is 20.6. The minimum Gasteiger partial charge on any atom is -0.351 e. The van der Waals surface area contributed by atoms with Crippen LogP contribution in [0.15, 0.2) is 79.3 Å². The van der Waals surface area contributed by atoms with E-state index in [1.165, 1.54) is 12.1 Å². The Hall–Kier alpha value is -3.97. The highest BCUT2D eigenvalue weighted by molar-refractivity contribution is 7.80. The second-order valence-corrected chi connectivity index (χ2v) is 12.1. The van der Waals surface area contributed by atoms with Gasteiger partial charge in [-0.05, 0) is 78.1 Å². The van der Waals surface area contributed by atoms with E-state index < -0.39 is 0 Å². The molecule has 2 N–H and O–H groups in total. The van der Waals surface area contributed by atoms with Gasteiger partial charge in [-0.25, -0.2) is 9.37 Å². The molecular formula is C33H33Cl2FN6OS. The van der Waals surface area contributed by atoms with E-state index in [-0.39, 0.29) is 30.1 Å². The molecule has 4 rings (SSSR count). The summed E-state index contributed by atoms with van der Waals surface area (Å²) in [5, 5.41) is 16.7. The molecule has 0 saturated carbocycles. The number of benzene rings is 3. The molecule has 0 saturated heterocycles. The lowest BCUT2D eigenvalue weighted by molar-refractivity contribution is -0.121. The number of nitriles is 1. The number of thiocarbonyl (C=S) groups is 1. The van der Waals surface area contributed by atoms with Crippen molar-refractivity contribution < 1.29 is 9.18 Å². The van der Waals surface area contributed by atoms with E-state index in [1.54, 1.807) is 42.9 Å². The molecule has 0 bridgehead atoms. The average Bonchev–Trinajstić information content (AvgIpc) is 3.42. The summed E-state index contributed by atoms with van der Waals surface area (Å²) in [4.78, 5) is 19.6. The van der Waals surface area contributed by atoms with E-state index in [4.69, 9.17) is 40.7 Å². The highest BCUT2D eigenvalue weighted by Gasteiger charge is 2.22. The second-order valence-electron chi connectivity index (χ2n) is 10.9. The number of carbonyl (C=O) groups is 1. The van der Waals surface area contributed by atoms with Gasteiger partial charge in [0.1, 0.15) is 5.82 Å². The van der Waals surface area contributed by atoms with Gasteiger partial charge in [0.2, 0.25) is 5.91 Å². The van der Waals surface area contributed by atoms with Crippen molar-refractivity contribution in [1.82, 2.24) is 19.8 Å². The lowest BCUT2D eigenvalue weighted by Crippen LogP contribution is -2.47. The van der Waals surface area contributed by atoms with E-state index in [2.05, 4.69) is 35.5 Å². The molecule has 3 aromatic carbocycles. The van der Waals surface area contributed by atoms with E-state index in [9.17, 15) is 9.18 Å². The first-order valence-electron chi connectivity index (χ1n) is 14.1. The van der Waals surface area contributed by atoms with Crippen molar-refractivity contribution in [3.8, 4) is 6.07 Å². The summed E-state index contributed by atoms with van der Waals surface area (Å²) in [7, 11) is 0. The number of rotatable bonds is 12. The zero-order valence-electron chi connectivity index (χ0n) is 24.4. The van der Waals surface area contributed by atoms with Crippen LogP contribution >= 0.6 is 35.4 Å². The number of carbonyl (C=O) groups excluding carboxylic acids is 1. The van der Waals surface area contributed by atoms with Gasteiger partial charge in [-0.15, -0.1) is 0 Å². The number of amides is 1. The van der Waals surface area contributed by atoms with Crippen molar-refractivity contribution in [3.63, 3.8) is 0 Å². The lowest BCUT2D eigenvalue weighted by atomic mass is 10.0. The standard InChI is InChI=1S/C33H33Cl2FN6OS/c1-22(2)14-28(39-31(43)15-29-17-38-21-42(29)18-24-8-6-23(16-37)7-9-24)20-41(19-25-4-3-5-30(34)32(25)35)33(44)40-27-12-10-26(36)11-13-27/h3-13,17,21-22,28H,14-15,18-20H2,1-2H3,(H,39,43)(H,40,44)/t28-/m0/s1. The molecule has 0 aliphatic carbocycles. The zero-order chi connectivity index (χ0) is 31.6. The minimum absolute atomic E-state index is 0.142. The number of aromatic nitrogens is 2. The van der Waals surface area contributed by atoms with Gasteiger partial charge < -0.3 is 20.1 Å². The van der Waals surface area contributed by atoms with Gasteiger partial charge in [-0.1, -0.05) is 61.3 Å². The Bertz CT molecular complexity index is 1620. The fraction of sp³-hybridized carbons (Fsp3) is 0.273. The number of nitrogens with zero attached hydrogens (tertiary/aromatic N) is 4. The van der Waals surface area contributed by atoms with Crippen molar-refractivity contribution in [3.05, 3.63) is 118 Å². The third kappa shape index (κ3) is 9.52. The smallest absolute Gasteiger partial charge is 0.226 e. The molecule has 44 heavy (non-hydrogen) atoms. The first-order valence-corrected chi connectivity index (χ1v) is 15.3. The summed E-state index contributed by atoms with van der Waals surface area (Å²) in [5.41, 5.74) is 3.78. The largest absolute Gasteiger partial charge is 0.351 e. The Morgan fingerprint density at radius 1 is 1.11 bits per heavy atom. The molecule has 1 atom stereocenters. The number of hydrogen-bond donors (Lipinski definition) is 2. The molecule has 0 aliphatic heterocycles. The Labute approximate surface area is 272 Å². The van der Waals surface area contributed by atoms with Crippen LogP contribution in [-0.4, -0.2) is 38.1 Å². The van der Waals surface area contributed by atoms with Gasteiger partial charge in [0.25, 0.3) is 0 Å². The quantitative estimate of drug-likeness (QED) is 0.157. The summed E-state index contributed by atoms with van der Waals surface area (Å²) >= 11 is 18.6. The summed E-state index contributed by atoms with van der Waals surface area (Å²) in [5.74, 6) is -0.199. The molecule has 7 nitrogen and oxygen atoms in total. The van der Waals surface area contributed by atoms with Gasteiger partial charge in [0, 0.05) is 43.3 Å². The normalized spacial score (nSPS) is 11.6. The highest BCUT2D eigenvalue weighted by atomic mass is 35.5. The van der Waals surface area contributed by atoms with Crippen LogP contribution in [0.3, 0.4) is 0 Å². The Morgan fingerprint density at radius 3 is 2.52 bits per heavy atom. The van der Waals surface area contributed by atoms with Crippen LogP contribution in [0.25, 0.3) is 0 Å². The van der Waals surface area contributed by atoms with Gasteiger partial charge in [0.15, 0.2) is 5.11 Å². The monoisotopic (exact) mass is 650 g/mol. The molecule has 0 spiro atoms. The van der Waals surface area contributed by atoms with Crippen LogP contribution in [-0.2, 0) is 24.3 Å². The molecule has 0 unspecified atom stereocenters. The average molecular weight is 652 g/mol. The number of imidazole rings is 1. The maximum atomic E-state index is 13.5. The minimum atomic E-state index is -0.345. The van der Waals surface area contributed by atoms with Gasteiger partial charge >= 0.3 is 0 Å². The van der Waals surface area contributed by atoms with E-state index in [1.807, 2.05) is 33.7 Å². The van der Waals surface area contributed by atoms with Crippen LogP contribution in [0.2, 0.25) is 10.0 Å². The van der Waals surface area contributed by atoms with Crippen molar-refractivity contribution in [2.45, 2.75) is 45.8 Å². The third-order valence-electron chi connectivity index (χ3n) is 6.91. The predicted molar refractivity (Wildman–Crippen MR) is 177 cm³/mol. The van der Waals surface area contributed by atoms with Crippen molar-refractivity contribution in [1.29, 1.82) is 5.26 Å². The van der Waals surface area contributed by atoms with Crippen LogP contribution < -0.4 is 10.6 Å². The van der Waals surface area contributed by atoms with Gasteiger partial charge in [0.05, 0.1) is 34.4 Å². The molecule has 0 aliphatic rings. The van der Waals surface area contributed by atoms with E-state index >= 15 is 0 Å². The maximum absolute atomic E-state index is 13.5. The SMILES string of the molecule is CC(C)C[C@@H](CN(Cc1cccc(Cl)c1Cl)C(=S)Nc1ccc(F)cc1)NC(=O)Cc1cncn1Cc1ccc(C#N)cc1. The fourth-order valence-corrected chi connectivity index (χ4v) is 5.44. The van der Waals surface area contributed by atoms with Crippen molar-refractivity contribution >= 4 is 52.1 Å². The molecule has 4 aromatic rings. The first-order chi connectivity index (χ1) is 21.1. The number of anilines is 1. The predicted octanol–water partition coefficient (Wildman–Crippen LogP) is 7.22. The van der Waals surface area contributed by atoms with Gasteiger partial charge in [-0.3, -0.25) is 4.79 Å². The molecule has 1 heterocycles. The number of nitrogens with one attached hydrogen (secondary N) is 2. The van der Waals surface area contributed by atoms with Crippen LogP contribution in [0.1, 0.15) is 42.7 Å². The van der Waals surface area contributed by atoms with Crippen LogP contribution in [0.4, 0.5) is 10.1 Å². The lowest BCUT2D eigenvalue weighted by Gasteiger charge is -2.32. The molecule has 11 heteroatoms. The number of halogens is 3. The maximum Gasteiger partial charge on any atom is 0.226 e. The molecule has 1 amide bonds. The van der Waals surface area contributed by atoms with Crippen molar-refractivity contribution in [2.75, 3.05) is 11.9 Å². The van der Waals surface area contributed by atoms with Gasteiger partial charge in [-0.2, -0.15) is 5.26 Å². The molecule has 0 radical (unpaired) electrons. The van der Waals surface area contributed by atoms with E-state index in [0.717, 1.165) is 16.8 Å². The fourth-order valence-electron chi connectivity index (χ4n) is 4.81. The highest BCUT2D eigenvalue weighted by Crippen LogP contribution is 2.27. The summed E-state index contributed by atoms with van der Waals surface area (Å²) < 4.78 is 15.4. The van der Waals surface area contributed by atoms with E-state index in [0.29, 0.717) is 52.5 Å². The zero-order valence-corrected chi connectivity index (χ0v) is 26.8. The van der Waals surface area contributed by atoms with Crippen LogP contribution in [0, 0.1) is 23.1 Å². The summed E-state index contributed by atoms with van der Waals surface area (Å²) in [6.45, 7) is 5.46. The third-order valence-corrected chi connectivity index (χ3v) is 8.13. The van der Waals surface area contributed by atoms with Crippen LogP contribution in [0.5, 0.6) is 0 Å². The Morgan fingerprint density at radius 2 is 1.84 bits per heavy atom. The molecule has 1 aromatic heterocycles. The topological polar surface area (TPSA) is 86.0 Å². The Kier molecular flexibility index (Phi) is 11.7. The first kappa shape index (κ1) is 32.9. The molecule has 228 valence electrons. The van der Waals surface area contributed by atoms with Crippen molar-refractivity contribution in [2.24, 2.45) is 5.92 Å². The second kappa shape index (κ2) is 15.7. The number of hydrogen-bond acceptors (Lipinski definition) is 4. The summed E-state index contributed by atoms with van der Waals surface area (Å²) in [6.07, 6.45) is 4.23.